The van der Waals surface area contributed by atoms with Crippen molar-refractivity contribution in [2.24, 2.45) is 0 Å². The zero-order chi connectivity index (χ0) is 16.8. The van der Waals surface area contributed by atoms with E-state index in [1.165, 1.54) is 17.3 Å². The highest BCUT2D eigenvalue weighted by molar-refractivity contribution is 8.00. The van der Waals surface area contributed by atoms with Gasteiger partial charge in [0, 0.05) is 11.0 Å². The molecule has 0 unspecified atom stereocenters. The first-order chi connectivity index (χ1) is 10.9. The molecule has 2 rings (SSSR count). The minimum atomic E-state index is -0.455. The predicted octanol–water partition coefficient (Wildman–Crippen LogP) is 2.87. The van der Waals surface area contributed by atoms with Gasteiger partial charge in [-0.05, 0) is 32.4 Å². The minimum absolute atomic E-state index is 0.153. The van der Waals surface area contributed by atoms with Crippen LogP contribution in [0.3, 0.4) is 0 Å². The van der Waals surface area contributed by atoms with Crippen LogP contribution in [0.15, 0.2) is 33.7 Å². The first-order valence-electron chi connectivity index (χ1n) is 7.03. The number of ether oxygens (including phenoxy) is 1. The van der Waals surface area contributed by atoms with Crippen LogP contribution in [0.5, 0.6) is 0 Å². The number of nitrogens with one attached hydrogen (secondary N) is 1. The second-order valence-electron chi connectivity index (χ2n) is 5.09. The first-order valence-corrected chi connectivity index (χ1v) is 8.01. The molecule has 0 saturated carbocycles. The molecule has 122 valence electrons. The van der Waals surface area contributed by atoms with E-state index in [1.807, 2.05) is 26.0 Å². The number of nitrogens with zero attached hydrogens (tertiary/aromatic N) is 1. The highest BCUT2D eigenvalue weighted by Crippen LogP contribution is 2.23. The Morgan fingerprint density at radius 1 is 1.26 bits per heavy atom. The van der Waals surface area contributed by atoms with Gasteiger partial charge in [-0.15, -0.1) is 11.8 Å². The number of rotatable bonds is 6. The number of carbonyl (C=O) groups excluding carboxylic acids is 2. The number of benzene rings is 1. The standard InChI is InChI=1S/C16H18N2O4S/c1-10-4-5-13(11(2)6-10)23-9-16(20)21-8-15(19)17-14-7-12(3)22-18-14/h4-7H,8-9H2,1-3H3,(H,17,18,19). The van der Waals surface area contributed by atoms with Gasteiger partial charge in [0.1, 0.15) is 5.76 Å². The molecule has 2 aromatic rings. The molecule has 23 heavy (non-hydrogen) atoms. The summed E-state index contributed by atoms with van der Waals surface area (Å²) in [7, 11) is 0. The number of esters is 1. The van der Waals surface area contributed by atoms with Crippen LogP contribution in [-0.2, 0) is 14.3 Å². The lowest BCUT2D eigenvalue weighted by Gasteiger charge is -2.07. The van der Waals surface area contributed by atoms with Crippen molar-refractivity contribution in [3.8, 4) is 0 Å². The van der Waals surface area contributed by atoms with Crippen molar-refractivity contribution >= 4 is 29.5 Å². The fourth-order valence-electron chi connectivity index (χ4n) is 1.89. The molecule has 0 aliphatic carbocycles. The summed E-state index contributed by atoms with van der Waals surface area (Å²) in [5.41, 5.74) is 2.29. The molecule has 0 aliphatic rings. The molecule has 0 bridgehead atoms. The Morgan fingerprint density at radius 3 is 2.70 bits per heavy atom. The molecule has 1 aromatic carbocycles. The highest BCUT2D eigenvalue weighted by Gasteiger charge is 2.11. The number of hydrogen-bond donors (Lipinski definition) is 1. The number of aromatic nitrogens is 1. The number of anilines is 1. The summed E-state index contributed by atoms with van der Waals surface area (Å²) in [5, 5.41) is 6.10. The van der Waals surface area contributed by atoms with Crippen LogP contribution in [0, 0.1) is 20.8 Å². The molecule has 0 atom stereocenters. The zero-order valence-electron chi connectivity index (χ0n) is 13.2. The number of thioether (sulfide) groups is 1. The quantitative estimate of drug-likeness (QED) is 0.646. The molecule has 7 heteroatoms. The van der Waals surface area contributed by atoms with E-state index in [2.05, 4.69) is 16.5 Å². The third-order valence-electron chi connectivity index (χ3n) is 2.94. The topological polar surface area (TPSA) is 81.4 Å². The van der Waals surface area contributed by atoms with Gasteiger partial charge in [-0.3, -0.25) is 9.59 Å². The molecule has 0 fully saturated rings. The van der Waals surface area contributed by atoms with Gasteiger partial charge in [-0.1, -0.05) is 22.9 Å². The Kier molecular flexibility index (Phi) is 5.81. The summed E-state index contributed by atoms with van der Waals surface area (Å²) in [6, 6.07) is 7.60. The Balaban J connectivity index is 1.73. The van der Waals surface area contributed by atoms with Crippen molar-refractivity contribution in [2.75, 3.05) is 17.7 Å². The van der Waals surface area contributed by atoms with Crippen LogP contribution in [0.4, 0.5) is 5.82 Å². The Labute approximate surface area is 138 Å². The summed E-state index contributed by atoms with van der Waals surface area (Å²) in [6.07, 6.45) is 0. The van der Waals surface area contributed by atoms with Gasteiger partial charge >= 0.3 is 5.97 Å². The first kappa shape index (κ1) is 17.1. The van der Waals surface area contributed by atoms with Gasteiger partial charge in [-0.25, -0.2) is 0 Å². The van der Waals surface area contributed by atoms with Gasteiger partial charge in [0.15, 0.2) is 12.4 Å². The second-order valence-corrected chi connectivity index (χ2v) is 6.11. The lowest BCUT2D eigenvalue weighted by Crippen LogP contribution is -2.21. The van der Waals surface area contributed by atoms with Crippen LogP contribution in [0.2, 0.25) is 0 Å². The van der Waals surface area contributed by atoms with Gasteiger partial charge in [0.2, 0.25) is 0 Å². The average molecular weight is 334 g/mol. The van der Waals surface area contributed by atoms with E-state index in [0.29, 0.717) is 11.6 Å². The monoisotopic (exact) mass is 334 g/mol. The SMILES string of the molecule is Cc1ccc(SCC(=O)OCC(=O)Nc2cc(C)on2)c(C)c1. The van der Waals surface area contributed by atoms with Crippen LogP contribution in [0.25, 0.3) is 0 Å². The molecule has 0 saturated heterocycles. The van der Waals surface area contributed by atoms with Crippen molar-refractivity contribution in [1.82, 2.24) is 5.16 Å². The average Bonchev–Trinajstić information content (AvgIpc) is 2.89. The van der Waals surface area contributed by atoms with Gasteiger partial charge in [0.05, 0.1) is 5.75 Å². The largest absolute Gasteiger partial charge is 0.455 e. The van der Waals surface area contributed by atoms with E-state index in [1.54, 1.807) is 13.0 Å². The fourth-order valence-corrected chi connectivity index (χ4v) is 2.70. The van der Waals surface area contributed by atoms with Gasteiger partial charge in [0.25, 0.3) is 5.91 Å². The van der Waals surface area contributed by atoms with Crippen molar-refractivity contribution in [1.29, 1.82) is 0 Å². The predicted molar refractivity (Wildman–Crippen MR) is 87.5 cm³/mol. The molecule has 6 nitrogen and oxygen atoms in total. The van der Waals surface area contributed by atoms with Crippen LogP contribution < -0.4 is 5.32 Å². The van der Waals surface area contributed by atoms with Gasteiger partial charge < -0.3 is 14.6 Å². The number of hydrogen-bond acceptors (Lipinski definition) is 6. The van der Waals surface area contributed by atoms with Crippen molar-refractivity contribution < 1.29 is 18.8 Å². The smallest absolute Gasteiger partial charge is 0.316 e. The molecule has 0 aliphatic heterocycles. The molecular weight excluding hydrogens is 316 g/mol. The molecule has 1 aromatic heterocycles. The molecular formula is C16H18N2O4S. The van der Waals surface area contributed by atoms with Gasteiger partial charge in [-0.2, -0.15) is 0 Å². The maximum absolute atomic E-state index is 11.7. The van der Waals surface area contributed by atoms with E-state index in [0.717, 1.165) is 10.5 Å². The minimum Gasteiger partial charge on any atom is -0.455 e. The van der Waals surface area contributed by atoms with E-state index in [4.69, 9.17) is 9.26 Å². The Hall–Kier alpha value is -2.28. The van der Waals surface area contributed by atoms with E-state index in [-0.39, 0.29) is 12.4 Å². The van der Waals surface area contributed by atoms with E-state index in [9.17, 15) is 9.59 Å². The zero-order valence-corrected chi connectivity index (χ0v) is 14.0. The molecule has 1 amide bonds. The molecule has 1 N–H and O–H groups in total. The number of carbonyl (C=O) groups is 2. The highest BCUT2D eigenvalue weighted by atomic mass is 32.2. The lowest BCUT2D eigenvalue weighted by molar-refractivity contribution is -0.144. The molecule has 0 spiro atoms. The third-order valence-corrected chi connectivity index (χ3v) is 4.08. The van der Waals surface area contributed by atoms with Crippen LogP contribution >= 0.6 is 11.8 Å². The lowest BCUT2D eigenvalue weighted by atomic mass is 10.2. The fraction of sp³-hybridized carbons (Fsp3) is 0.312. The van der Waals surface area contributed by atoms with Crippen molar-refractivity contribution in [2.45, 2.75) is 25.7 Å². The molecule has 0 radical (unpaired) electrons. The maximum Gasteiger partial charge on any atom is 0.316 e. The van der Waals surface area contributed by atoms with E-state index < -0.39 is 11.9 Å². The number of aryl methyl sites for hydroxylation is 3. The van der Waals surface area contributed by atoms with Crippen LogP contribution in [0.1, 0.15) is 16.9 Å². The summed E-state index contributed by atoms with van der Waals surface area (Å²) >= 11 is 1.39. The Morgan fingerprint density at radius 2 is 2.04 bits per heavy atom. The summed E-state index contributed by atoms with van der Waals surface area (Å²) in [6.45, 7) is 5.38. The summed E-state index contributed by atoms with van der Waals surface area (Å²) in [5.74, 6) is 0.139. The molecule has 1 heterocycles. The van der Waals surface area contributed by atoms with Crippen LogP contribution in [-0.4, -0.2) is 29.4 Å². The van der Waals surface area contributed by atoms with E-state index >= 15 is 0 Å². The van der Waals surface area contributed by atoms with Crippen molar-refractivity contribution in [3.05, 3.63) is 41.2 Å². The normalized spacial score (nSPS) is 10.4. The third kappa shape index (κ3) is 5.45. The second kappa shape index (κ2) is 7.82. The Bertz CT molecular complexity index is 712. The number of amides is 1. The summed E-state index contributed by atoms with van der Waals surface area (Å²) < 4.78 is 9.76. The maximum atomic E-state index is 11.7. The van der Waals surface area contributed by atoms with Crippen molar-refractivity contribution in [3.63, 3.8) is 0 Å². The summed E-state index contributed by atoms with van der Waals surface area (Å²) in [4.78, 5) is 24.3.